The number of amides is 1. The van der Waals surface area contributed by atoms with Gasteiger partial charge < -0.3 is 19.1 Å². The fraction of sp³-hybridized carbons (Fsp3) is 0.350. The van der Waals surface area contributed by atoms with E-state index in [4.69, 9.17) is 14.2 Å². The van der Waals surface area contributed by atoms with E-state index in [-0.39, 0.29) is 18.7 Å². The highest BCUT2D eigenvalue weighted by Gasteiger charge is 2.27. The van der Waals surface area contributed by atoms with E-state index in [1.165, 1.54) is 0 Å². The van der Waals surface area contributed by atoms with Crippen LogP contribution < -0.4 is 14.2 Å². The average molecular weight is 339 g/mol. The zero-order valence-corrected chi connectivity index (χ0v) is 14.5. The first-order valence-corrected chi connectivity index (χ1v) is 8.58. The molecule has 0 unspecified atom stereocenters. The summed E-state index contributed by atoms with van der Waals surface area (Å²) >= 11 is 0. The third-order valence-corrected chi connectivity index (χ3v) is 4.65. The van der Waals surface area contributed by atoms with Crippen molar-refractivity contribution in [1.29, 1.82) is 0 Å². The molecule has 130 valence electrons. The maximum atomic E-state index is 13.2. The monoisotopic (exact) mass is 339 g/mol. The van der Waals surface area contributed by atoms with Crippen molar-refractivity contribution in [3.8, 4) is 17.2 Å². The van der Waals surface area contributed by atoms with E-state index in [1.807, 2.05) is 55.1 Å². The van der Waals surface area contributed by atoms with Crippen molar-refractivity contribution in [2.24, 2.45) is 0 Å². The summed E-state index contributed by atoms with van der Waals surface area (Å²) in [5, 5.41) is 0. The summed E-state index contributed by atoms with van der Waals surface area (Å²) in [6, 6.07) is 11.6. The number of benzene rings is 2. The van der Waals surface area contributed by atoms with Gasteiger partial charge in [-0.05, 0) is 31.5 Å². The smallest absolute Gasteiger partial charge is 0.258 e. The van der Waals surface area contributed by atoms with Crippen molar-refractivity contribution in [1.82, 2.24) is 4.90 Å². The van der Waals surface area contributed by atoms with Crippen LogP contribution in [0.4, 0.5) is 0 Å². The van der Waals surface area contributed by atoms with Gasteiger partial charge in [0.1, 0.15) is 5.75 Å². The minimum Gasteiger partial charge on any atom is -0.492 e. The molecule has 0 spiro atoms. The quantitative estimate of drug-likeness (QED) is 0.857. The van der Waals surface area contributed by atoms with Gasteiger partial charge >= 0.3 is 0 Å². The van der Waals surface area contributed by atoms with Crippen LogP contribution in [0, 0.1) is 0 Å². The van der Waals surface area contributed by atoms with Crippen molar-refractivity contribution in [3.63, 3.8) is 0 Å². The minimum atomic E-state index is -0.0229. The molecule has 0 radical (unpaired) electrons. The van der Waals surface area contributed by atoms with Crippen LogP contribution in [0.15, 0.2) is 36.4 Å². The van der Waals surface area contributed by atoms with Gasteiger partial charge in [0.05, 0.1) is 18.7 Å². The molecular weight excluding hydrogens is 318 g/mol. The Kier molecular flexibility index (Phi) is 3.99. The number of ether oxygens (including phenoxy) is 3. The maximum Gasteiger partial charge on any atom is 0.258 e. The molecule has 0 fully saturated rings. The summed E-state index contributed by atoms with van der Waals surface area (Å²) in [6.07, 6.45) is 0.857. The highest BCUT2D eigenvalue weighted by atomic mass is 16.7. The third kappa shape index (κ3) is 2.80. The van der Waals surface area contributed by atoms with Gasteiger partial charge in [0, 0.05) is 18.0 Å². The van der Waals surface area contributed by atoms with E-state index in [1.54, 1.807) is 0 Å². The van der Waals surface area contributed by atoms with Gasteiger partial charge in [0.15, 0.2) is 11.5 Å². The van der Waals surface area contributed by atoms with Crippen molar-refractivity contribution in [2.45, 2.75) is 32.9 Å². The molecule has 0 N–H and O–H groups in total. The largest absolute Gasteiger partial charge is 0.492 e. The summed E-state index contributed by atoms with van der Waals surface area (Å²) in [6.45, 7) is 5.36. The molecule has 5 nitrogen and oxygen atoms in total. The molecule has 2 aromatic rings. The molecule has 2 aliphatic rings. The summed E-state index contributed by atoms with van der Waals surface area (Å²) in [4.78, 5) is 15.1. The second-order valence-corrected chi connectivity index (χ2v) is 6.57. The van der Waals surface area contributed by atoms with Crippen LogP contribution in [-0.2, 0) is 13.0 Å². The Balaban J connectivity index is 1.66. The van der Waals surface area contributed by atoms with Crippen LogP contribution in [0.1, 0.15) is 35.3 Å². The van der Waals surface area contributed by atoms with E-state index in [2.05, 4.69) is 0 Å². The first-order chi connectivity index (χ1) is 12.1. The van der Waals surface area contributed by atoms with Gasteiger partial charge in [-0.15, -0.1) is 0 Å². The molecular formula is C20H21NO4. The van der Waals surface area contributed by atoms with Crippen molar-refractivity contribution < 1.29 is 19.0 Å². The molecule has 2 aliphatic heterocycles. The molecule has 2 aromatic carbocycles. The van der Waals surface area contributed by atoms with E-state index < -0.39 is 0 Å². The van der Waals surface area contributed by atoms with Gasteiger partial charge in [-0.25, -0.2) is 0 Å². The molecule has 4 rings (SSSR count). The number of fused-ring (bicyclic) bond motifs is 2. The minimum absolute atomic E-state index is 0.0229. The third-order valence-electron chi connectivity index (χ3n) is 4.65. The molecule has 25 heavy (non-hydrogen) atoms. The second kappa shape index (κ2) is 6.31. The van der Waals surface area contributed by atoms with Crippen LogP contribution in [-0.4, -0.2) is 30.2 Å². The Morgan fingerprint density at radius 2 is 1.92 bits per heavy atom. The average Bonchev–Trinajstić information content (AvgIpc) is 3.27. The van der Waals surface area contributed by atoms with Crippen LogP contribution in [0.25, 0.3) is 0 Å². The number of carbonyl (C=O) groups excluding carboxylic acids is 1. The fourth-order valence-electron chi connectivity index (χ4n) is 3.33. The molecule has 2 heterocycles. The maximum absolute atomic E-state index is 13.2. The number of hydrogen-bond donors (Lipinski definition) is 0. The standard InChI is InChI=1S/C20H21NO4/c1-13(2)21(11-15-6-4-8-17-19(15)25-12-24-17)20(22)16-7-3-5-14-9-10-23-18(14)16/h3-8,13H,9-12H2,1-2H3. The summed E-state index contributed by atoms with van der Waals surface area (Å²) in [7, 11) is 0. The molecule has 0 atom stereocenters. The molecule has 0 bridgehead atoms. The van der Waals surface area contributed by atoms with E-state index in [0.29, 0.717) is 18.7 Å². The molecule has 1 amide bonds. The summed E-state index contributed by atoms with van der Waals surface area (Å²) in [5.74, 6) is 2.18. The fourth-order valence-corrected chi connectivity index (χ4v) is 3.33. The Labute approximate surface area is 147 Å². The van der Waals surface area contributed by atoms with Crippen molar-refractivity contribution in [2.75, 3.05) is 13.4 Å². The molecule has 0 saturated heterocycles. The molecule has 0 aliphatic carbocycles. The number of rotatable bonds is 4. The number of nitrogens with zero attached hydrogens (tertiary/aromatic N) is 1. The van der Waals surface area contributed by atoms with Crippen molar-refractivity contribution >= 4 is 5.91 Å². The molecule has 0 saturated carbocycles. The lowest BCUT2D eigenvalue weighted by atomic mass is 10.1. The Morgan fingerprint density at radius 1 is 1.08 bits per heavy atom. The van der Waals surface area contributed by atoms with Crippen LogP contribution in [0.2, 0.25) is 0 Å². The van der Waals surface area contributed by atoms with Crippen LogP contribution in [0.5, 0.6) is 17.2 Å². The highest BCUT2D eigenvalue weighted by Crippen LogP contribution is 2.37. The van der Waals surface area contributed by atoms with Crippen LogP contribution in [0.3, 0.4) is 0 Å². The Bertz CT molecular complexity index is 815. The first kappa shape index (κ1) is 15.8. The lowest BCUT2D eigenvalue weighted by Crippen LogP contribution is -2.36. The first-order valence-electron chi connectivity index (χ1n) is 8.58. The van der Waals surface area contributed by atoms with Gasteiger partial charge in [0.25, 0.3) is 5.91 Å². The van der Waals surface area contributed by atoms with E-state index in [0.717, 1.165) is 34.8 Å². The van der Waals surface area contributed by atoms with E-state index in [9.17, 15) is 4.79 Å². The van der Waals surface area contributed by atoms with Gasteiger partial charge in [-0.2, -0.15) is 0 Å². The predicted molar refractivity (Wildman–Crippen MR) is 93.2 cm³/mol. The van der Waals surface area contributed by atoms with Gasteiger partial charge in [-0.3, -0.25) is 4.79 Å². The number of hydrogen-bond acceptors (Lipinski definition) is 4. The van der Waals surface area contributed by atoms with Crippen molar-refractivity contribution in [3.05, 3.63) is 53.1 Å². The number of para-hydroxylation sites is 2. The lowest BCUT2D eigenvalue weighted by molar-refractivity contribution is 0.0685. The SMILES string of the molecule is CC(C)N(Cc1cccc2c1OCO2)C(=O)c1cccc2c1OCC2. The predicted octanol–water partition coefficient (Wildman–Crippen LogP) is 3.40. The Morgan fingerprint density at radius 3 is 2.76 bits per heavy atom. The normalized spacial score (nSPS) is 14.4. The molecule has 5 heteroatoms. The molecule has 0 aromatic heterocycles. The van der Waals surface area contributed by atoms with Gasteiger partial charge in [0.2, 0.25) is 6.79 Å². The number of carbonyl (C=O) groups is 1. The summed E-state index contributed by atoms with van der Waals surface area (Å²) in [5.41, 5.74) is 2.69. The zero-order chi connectivity index (χ0) is 17.4. The topological polar surface area (TPSA) is 48.0 Å². The van der Waals surface area contributed by atoms with Gasteiger partial charge in [-0.1, -0.05) is 24.3 Å². The van der Waals surface area contributed by atoms with Crippen LogP contribution >= 0.6 is 0 Å². The zero-order valence-electron chi connectivity index (χ0n) is 14.5. The highest BCUT2D eigenvalue weighted by molar-refractivity contribution is 5.97. The Hall–Kier alpha value is -2.69. The second-order valence-electron chi connectivity index (χ2n) is 6.57. The summed E-state index contributed by atoms with van der Waals surface area (Å²) < 4.78 is 16.7. The lowest BCUT2D eigenvalue weighted by Gasteiger charge is -2.28. The van der Waals surface area contributed by atoms with E-state index >= 15 is 0 Å².